The first kappa shape index (κ1) is 14.9. The molecule has 2 aromatic rings. The highest BCUT2D eigenvalue weighted by Gasteiger charge is 2.34. The molecule has 1 aromatic heterocycles. The highest BCUT2D eigenvalue weighted by molar-refractivity contribution is 5.96. The van der Waals surface area contributed by atoms with E-state index >= 15 is 0 Å². The van der Waals surface area contributed by atoms with Crippen LogP contribution in [0.2, 0.25) is 0 Å². The molecular formula is C18H18N2O4. The number of hydrogen-bond acceptors (Lipinski definition) is 4. The van der Waals surface area contributed by atoms with Gasteiger partial charge in [-0.05, 0) is 43.9 Å². The second-order valence-corrected chi connectivity index (χ2v) is 6.49. The Morgan fingerprint density at radius 3 is 2.62 bits per heavy atom. The Morgan fingerprint density at radius 2 is 1.92 bits per heavy atom. The number of aromatic nitrogens is 1. The normalized spacial score (nSPS) is 23.3. The van der Waals surface area contributed by atoms with Crippen molar-refractivity contribution in [2.75, 3.05) is 5.32 Å². The average molecular weight is 326 g/mol. The topological polar surface area (TPSA) is 92.4 Å². The van der Waals surface area contributed by atoms with Crippen LogP contribution < -0.4 is 5.32 Å². The van der Waals surface area contributed by atoms with Gasteiger partial charge in [-0.1, -0.05) is 12.2 Å². The molecular weight excluding hydrogens is 308 g/mol. The van der Waals surface area contributed by atoms with Gasteiger partial charge < -0.3 is 14.8 Å². The van der Waals surface area contributed by atoms with Crippen molar-refractivity contribution < 1.29 is 19.1 Å². The van der Waals surface area contributed by atoms with Crippen LogP contribution in [0.15, 0.2) is 34.8 Å². The van der Waals surface area contributed by atoms with Gasteiger partial charge >= 0.3 is 5.97 Å². The lowest BCUT2D eigenvalue weighted by Gasteiger charge is -2.24. The molecule has 0 aliphatic heterocycles. The number of allylic oxidation sites excluding steroid dienone is 2. The van der Waals surface area contributed by atoms with E-state index in [9.17, 15) is 14.7 Å². The van der Waals surface area contributed by atoms with Crippen LogP contribution in [0.25, 0.3) is 11.1 Å². The quantitative estimate of drug-likeness (QED) is 0.841. The van der Waals surface area contributed by atoms with Crippen molar-refractivity contribution in [2.24, 2.45) is 11.8 Å². The third-order valence-corrected chi connectivity index (χ3v) is 4.68. The van der Waals surface area contributed by atoms with Gasteiger partial charge in [0.05, 0.1) is 11.8 Å². The smallest absolute Gasteiger partial charge is 0.307 e. The summed E-state index contributed by atoms with van der Waals surface area (Å²) in [5.41, 5.74) is 2.04. The molecule has 124 valence electrons. The van der Waals surface area contributed by atoms with E-state index in [2.05, 4.69) is 10.3 Å². The zero-order chi connectivity index (χ0) is 16.7. The van der Waals surface area contributed by atoms with Crippen LogP contribution in [0.5, 0.6) is 0 Å². The maximum atomic E-state index is 12.5. The largest absolute Gasteiger partial charge is 0.481 e. The van der Waals surface area contributed by atoms with Gasteiger partial charge in [-0.3, -0.25) is 9.59 Å². The predicted molar refractivity (Wildman–Crippen MR) is 87.6 cm³/mol. The summed E-state index contributed by atoms with van der Waals surface area (Å²) in [6.07, 6.45) is 6.75. The molecule has 2 atom stereocenters. The minimum atomic E-state index is -0.930. The highest BCUT2D eigenvalue weighted by atomic mass is 16.4. The minimum absolute atomic E-state index is 0.267. The third-order valence-electron chi connectivity index (χ3n) is 4.68. The molecule has 0 saturated heterocycles. The number of carbonyl (C=O) groups is 2. The van der Waals surface area contributed by atoms with Gasteiger partial charge in [0, 0.05) is 11.6 Å². The second kappa shape index (κ2) is 5.78. The number of benzene rings is 1. The first-order valence-corrected chi connectivity index (χ1v) is 8.21. The van der Waals surface area contributed by atoms with Crippen molar-refractivity contribution in [3.05, 3.63) is 36.2 Å². The van der Waals surface area contributed by atoms with E-state index in [1.165, 1.54) is 0 Å². The van der Waals surface area contributed by atoms with Gasteiger partial charge in [-0.2, -0.15) is 0 Å². The number of anilines is 1. The van der Waals surface area contributed by atoms with Gasteiger partial charge in [-0.15, -0.1) is 0 Å². The Balaban J connectivity index is 1.53. The summed E-state index contributed by atoms with van der Waals surface area (Å²) in [6, 6.07) is 5.33. The summed E-state index contributed by atoms with van der Waals surface area (Å²) >= 11 is 0. The van der Waals surface area contributed by atoms with Gasteiger partial charge in [0.25, 0.3) is 0 Å². The lowest BCUT2D eigenvalue weighted by molar-refractivity contribution is -0.146. The number of oxazole rings is 1. The van der Waals surface area contributed by atoms with Crippen molar-refractivity contribution >= 4 is 28.7 Å². The van der Waals surface area contributed by atoms with E-state index in [4.69, 9.17) is 4.42 Å². The Kier molecular flexibility index (Phi) is 3.59. The molecule has 0 radical (unpaired) electrons. The predicted octanol–water partition coefficient (Wildman–Crippen LogP) is 3.31. The zero-order valence-corrected chi connectivity index (χ0v) is 13.1. The summed E-state index contributed by atoms with van der Waals surface area (Å²) in [5, 5.41) is 12.1. The number of carbonyl (C=O) groups excluding carboxylic acids is 1. The number of carboxylic acid groups (broad SMARTS) is 1. The van der Waals surface area contributed by atoms with Crippen molar-refractivity contribution in [1.29, 1.82) is 0 Å². The van der Waals surface area contributed by atoms with Crippen LogP contribution >= 0.6 is 0 Å². The molecule has 1 aromatic carbocycles. The van der Waals surface area contributed by atoms with Crippen molar-refractivity contribution in [3.8, 4) is 0 Å². The molecule has 6 nitrogen and oxygen atoms in total. The molecule has 1 saturated carbocycles. The van der Waals surface area contributed by atoms with Gasteiger partial charge in [-0.25, -0.2) is 4.98 Å². The maximum absolute atomic E-state index is 12.5. The average Bonchev–Trinajstić information content (AvgIpc) is 3.34. The molecule has 4 rings (SSSR count). The molecule has 0 spiro atoms. The molecule has 2 N–H and O–H groups in total. The molecule has 2 aliphatic carbocycles. The van der Waals surface area contributed by atoms with Crippen molar-refractivity contribution in [2.45, 2.75) is 31.6 Å². The maximum Gasteiger partial charge on any atom is 0.307 e. The summed E-state index contributed by atoms with van der Waals surface area (Å²) < 4.78 is 5.71. The Labute approximate surface area is 138 Å². The molecule has 24 heavy (non-hydrogen) atoms. The van der Waals surface area contributed by atoms with Crippen LogP contribution in [0.4, 0.5) is 5.69 Å². The van der Waals surface area contributed by atoms with Crippen LogP contribution in [0, 0.1) is 11.8 Å². The summed E-state index contributed by atoms with van der Waals surface area (Å²) in [4.78, 5) is 28.3. The number of fused-ring (bicyclic) bond motifs is 1. The van der Waals surface area contributed by atoms with Crippen LogP contribution in [0.3, 0.4) is 0 Å². The summed E-state index contributed by atoms with van der Waals surface area (Å²) in [6.45, 7) is 0. The van der Waals surface area contributed by atoms with E-state index < -0.39 is 17.8 Å². The number of rotatable bonds is 4. The second-order valence-electron chi connectivity index (χ2n) is 6.49. The van der Waals surface area contributed by atoms with E-state index in [0.717, 1.165) is 18.7 Å². The fourth-order valence-corrected chi connectivity index (χ4v) is 3.14. The number of hydrogen-bond donors (Lipinski definition) is 2. The van der Waals surface area contributed by atoms with Gasteiger partial charge in [0.15, 0.2) is 11.5 Å². The first-order valence-electron chi connectivity index (χ1n) is 8.21. The minimum Gasteiger partial charge on any atom is -0.481 e. The van der Waals surface area contributed by atoms with Crippen LogP contribution in [0.1, 0.15) is 37.5 Å². The van der Waals surface area contributed by atoms with E-state index in [1.54, 1.807) is 18.2 Å². The Bertz CT molecular complexity index is 835. The lowest BCUT2D eigenvalue weighted by atomic mass is 9.82. The van der Waals surface area contributed by atoms with Gasteiger partial charge in [0.1, 0.15) is 5.52 Å². The molecule has 1 amide bonds. The molecule has 1 heterocycles. The third kappa shape index (κ3) is 2.79. The molecule has 0 bridgehead atoms. The number of nitrogens with zero attached hydrogens (tertiary/aromatic N) is 1. The van der Waals surface area contributed by atoms with Crippen LogP contribution in [-0.2, 0) is 9.59 Å². The number of aliphatic carboxylic acids is 1. The van der Waals surface area contributed by atoms with Crippen LogP contribution in [-0.4, -0.2) is 22.0 Å². The molecule has 6 heteroatoms. The SMILES string of the molecule is O=C(O)[C@H]1CC=CC[C@@H]1C(=O)Nc1ccc2oc(C3CC3)nc2c1. The first-order chi connectivity index (χ1) is 11.6. The zero-order valence-electron chi connectivity index (χ0n) is 13.1. The fraction of sp³-hybridized carbons (Fsp3) is 0.389. The fourth-order valence-electron chi connectivity index (χ4n) is 3.14. The highest BCUT2D eigenvalue weighted by Crippen LogP contribution is 2.40. The Morgan fingerprint density at radius 1 is 1.17 bits per heavy atom. The molecule has 2 aliphatic rings. The summed E-state index contributed by atoms with van der Waals surface area (Å²) in [5.74, 6) is -1.23. The van der Waals surface area contributed by atoms with Crippen molar-refractivity contribution in [1.82, 2.24) is 4.98 Å². The van der Waals surface area contributed by atoms with E-state index in [0.29, 0.717) is 35.5 Å². The van der Waals surface area contributed by atoms with E-state index in [-0.39, 0.29) is 5.91 Å². The van der Waals surface area contributed by atoms with Crippen molar-refractivity contribution in [3.63, 3.8) is 0 Å². The number of amides is 1. The lowest BCUT2D eigenvalue weighted by Crippen LogP contribution is -2.34. The van der Waals surface area contributed by atoms with E-state index in [1.807, 2.05) is 12.2 Å². The van der Waals surface area contributed by atoms with Gasteiger partial charge in [0.2, 0.25) is 5.91 Å². The molecule has 0 unspecified atom stereocenters. The standard InChI is InChI=1S/C18H18N2O4/c21-16(12-3-1-2-4-13(12)18(22)23)19-11-7-8-15-14(9-11)20-17(24-15)10-5-6-10/h1-2,7-10,12-13H,3-6H2,(H,19,21)(H,22,23)/t12-,13-/m0/s1. The summed E-state index contributed by atoms with van der Waals surface area (Å²) in [7, 11) is 0. The number of carboxylic acids is 1. The molecule has 1 fully saturated rings. The number of nitrogens with one attached hydrogen (secondary N) is 1. The monoisotopic (exact) mass is 326 g/mol. The Hall–Kier alpha value is -2.63.